The van der Waals surface area contributed by atoms with E-state index in [1.54, 1.807) is 0 Å². The number of ketones is 1. The minimum Gasteiger partial charge on any atom is -0.458 e. The molecule has 3 saturated carbocycles. The highest BCUT2D eigenvalue weighted by atomic mass is 16.5. The molecule has 1 aromatic carbocycles. The molecule has 4 aliphatic carbocycles. The molecule has 0 saturated heterocycles. The number of rotatable bonds is 3. The number of hydrogen-bond donors (Lipinski definition) is 0. The van der Waals surface area contributed by atoms with Crippen molar-refractivity contribution in [1.82, 2.24) is 0 Å². The van der Waals surface area contributed by atoms with Crippen molar-refractivity contribution >= 4 is 11.8 Å². The van der Waals surface area contributed by atoms with Gasteiger partial charge in [0.2, 0.25) is 0 Å². The second kappa shape index (κ2) is 7.60. The van der Waals surface area contributed by atoms with Gasteiger partial charge in [0.1, 0.15) is 11.9 Å². The number of allylic oxidation sites excluding steroid dienone is 1. The minimum absolute atomic E-state index is 0.00832. The molecule has 0 aromatic heterocycles. The first kappa shape index (κ1) is 21.0. The van der Waals surface area contributed by atoms with Crippen molar-refractivity contribution in [3.8, 4) is 0 Å². The molecule has 0 heterocycles. The minimum atomic E-state index is -0.196. The van der Waals surface area contributed by atoms with Gasteiger partial charge in [-0.25, -0.2) is 4.79 Å². The van der Waals surface area contributed by atoms with E-state index >= 15 is 0 Å². The topological polar surface area (TPSA) is 43.4 Å². The summed E-state index contributed by atoms with van der Waals surface area (Å²) in [5, 5.41) is 0. The van der Waals surface area contributed by atoms with Gasteiger partial charge in [-0.15, -0.1) is 0 Å². The number of carbonyl (C=O) groups is 2. The molecule has 3 heteroatoms. The molecular formula is C28H36O3. The Morgan fingerprint density at radius 1 is 0.968 bits per heavy atom. The van der Waals surface area contributed by atoms with Crippen molar-refractivity contribution in [2.75, 3.05) is 0 Å². The SMILES string of the molecule is CC(=O)[C@H]1CC[C@H]2[C@@H]3CC=C4C[C@@H](OC(=O)c5ccccc5)CC[C@]4(C)[C@H]3CC[C@]12C. The average molecular weight is 421 g/mol. The summed E-state index contributed by atoms with van der Waals surface area (Å²) < 4.78 is 5.92. The van der Waals surface area contributed by atoms with Crippen LogP contribution < -0.4 is 0 Å². The van der Waals surface area contributed by atoms with E-state index in [-0.39, 0.29) is 28.8 Å². The lowest BCUT2D eigenvalue weighted by Crippen LogP contribution is -2.51. The molecule has 4 aliphatic rings. The van der Waals surface area contributed by atoms with Crippen LogP contribution in [-0.4, -0.2) is 17.9 Å². The standard InChI is InChI=1S/C28H36O3/c1-18(29)23-11-12-24-22-10-9-20-17-21(31-26(30)19-7-5-4-6-8-19)13-15-27(20,2)25(22)14-16-28(23,24)3/h4-9,21-25H,10-17H2,1-3H3/t21-,22-,23+,24-,25-,27-,28+/m0/s1. The van der Waals surface area contributed by atoms with Crippen LogP contribution in [0.2, 0.25) is 0 Å². The first-order valence-corrected chi connectivity index (χ1v) is 12.3. The predicted molar refractivity (Wildman–Crippen MR) is 122 cm³/mol. The van der Waals surface area contributed by atoms with Crippen molar-refractivity contribution in [3.05, 3.63) is 47.5 Å². The van der Waals surface area contributed by atoms with Crippen molar-refractivity contribution < 1.29 is 14.3 Å². The van der Waals surface area contributed by atoms with Gasteiger partial charge in [0.15, 0.2) is 0 Å². The van der Waals surface area contributed by atoms with Crippen LogP contribution in [0.15, 0.2) is 42.0 Å². The molecule has 31 heavy (non-hydrogen) atoms. The molecule has 0 aliphatic heterocycles. The summed E-state index contributed by atoms with van der Waals surface area (Å²) in [5.41, 5.74) is 2.60. The third-order valence-electron chi connectivity index (χ3n) is 9.83. The molecular weight excluding hydrogens is 384 g/mol. The lowest BCUT2D eigenvalue weighted by molar-refractivity contribution is -0.127. The van der Waals surface area contributed by atoms with Crippen LogP contribution in [0.25, 0.3) is 0 Å². The predicted octanol–water partition coefficient (Wildman–Crippen LogP) is 6.38. The molecule has 0 bridgehead atoms. The van der Waals surface area contributed by atoms with Crippen LogP contribution in [0.1, 0.15) is 82.5 Å². The van der Waals surface area contributed by atoms with E-state index in [0.29, 0.717) is 29.1 Å². The third-order valence-corrected chi connectivity index (χ3v) is 9.83. The van der Waals surface area contributed by atoms with Crippen molar-refractivity contribution in [2.45, 2.75) is 78.2 Å². The monoisotopic (exact) mass is 420 g/mol. The molecule has 7 atom stereocenters. The van der Waals surface area contributed by atoms with Crippen molar-refractivity contribution in [1.29, 1.82) is 0 Å². The molecule has 5 rings (SSSR count). The normalized spacial score (nSPS) is 41.4. The van der Waals surface area contributed by atoms with Crippen LogP contribution in [-0.2, 0) is 9.53 Å². The van der Waals surface area contributed by atoms with Gasteiger partial charge in [-0.2, -0.15) is 0 Å². The zero-order valence-electron chi connectivity index (χ0n) is 19.2. The fourth-order valence-electron chi connectivity index (χ4n) is 8.19. The molecule has 0 amide bonds. The Balaban J connectivity index is 1.32. The Hall–Kier alpha value is -1.90. The summed E-state index contributed by atoms with van der Waals surface area (Å²) in [6, 6.07) is 9.34. The number of benzene rings is 1. The second-order valence-corrected chi connectivity index (χ2v) is 11.2. The maximum Gasteiger partial charge on any atom is 0.338 e. The Labute approximate surface area is 186 Å². The van der Waals surface area contributed by atoms with Crippen LogP contribution >= 0.6 is 0 Å². The maximum absolute atomic E-state index is 12.6. The number of fused-ring (bicyclic) bond motifs is 5. The van der Waals surface area contributed by atoms with Crippen molar-refractivity contribution in [3.63, 3.8) is 0 Å². The summed E-state index contributed by atoms with van der Waals surface area (Å²) in [4.78, 5) is 24.9. The molecule has 0 radical (unpaired) electrons. The summed E-state index contributed by atoms with van der Waals surface area (Å²) in [7, 11) is 0. The number of ether oxygens (including phenoxy) is 1. The van der Waals surface area contributed by atoms with Crippen LogP contribution in [0, 0.1) is 34.5 Å². The van der Waals surface area contributed by atoms with Gasteiger partial charge in [-0.1, -0.05) is 43.7 Å². The summed E-state index contributed by atoms with van der Waals surface area (Å²) in [6.07, 6.45) is 11.3. The van der Waals surface area contributed by atoms with Crippen LogP contribution in [0.4, 0.5) is 0 Å². The van der Waals surface area contributed by atoms with Gasteiger partial charge in [-0.3, -0.25) is 4.79 Å². The van der Waals surface area contributed by atoms with Gasteiger partial charge in [0.25, 0.3) is 0 Å². The van der Waals surface area contributed by atoms with E-state index < -0.39 is 0 Å². The van der Waals surface area contributed by atoms with Crippen LogP contribution in [0.3, 0.4) is 0 Å². The summed E-state index contributed by atoms with van der Waals surface area (Å²) in [6.45, 7) is 6.70. The van der Waals surface area contributed by atoms with E-state index in [0.717, 1.165) is 32.1 Å². The molecule has 0 N–H and O–H groups in total. The van der Waals surface area contributed by atoms with Gasteiger partial charge >= 0.3 is 5.97 Å². The molecule has 0 unspecified atom stereocenters. The Morgan fingerprint density at radius 3 is 2.48 bits per heavy atom. The highest BCUT2D eigenvalue weighted by molar-refractivity contribution is 5.89. The number of Topliss-reactive ketones (excluding diaryl/α,β-unsaturated/α-hetero) is 1. The van der Waals surface area contributed by atoms with Gasteiger partial charge in [-0.05, 0) is 92.6 Å². The summed E-state index contributed by atoms with van der Waals surface area (Å²) in [5.74, 6) is 2.58. The first-order valence-electron chi connectivity index (χ1n) is 12.3. The Kier molecular flexibility index (Phi) is 5.14. The smallest absolute Gasteiger partial charge is 0.338 e. The number of esters is 1. The first-order chi connectivity index (χ1) is 14.8. The lowest BCUT2D eigenvalue weighted by Gasteiger charge is -2.58. The van der Waals surface area contributed by atoms with E-state index in [1.807, 2.05) is 37.3 Å². The van der Waals surface area contributed by atoms with E-state index in [4.69, 9.17) is 4.74 Å². The largest absolute Gasteiger partial charge is 0.458 e. The van der Waals surface area contributed by atoms with E-state index in [1.165, 1.54) is 24.8 Å². The highest BCUT2D eigenvalue weighted by Crippen LogP contribution is 2.66. The zero-order chi connectivity index (χ0) is 21.8. The Bertz CT molecular complexity index is 902. The van der Waals surface area contributed by atoms with Gasteiger partial charge < -0.3 is 4.74 Å². The van der Waals surface area contributed by atoms with E-state index in [9.17, 15) is 9.59 Å². The molecule has 3 nitrogen and oxygen atoms in total. The fourth-order valence-corrected chi connectivity index (χ4v) is 8.19. The highest BCUT2D eigenvalue weighted by Gasteiger charge is 2.59. The molecule has 3 fully saturated rings. The van der Waals surface area contributed by atoms with Crippen molar-refractivity contribution in [2.24, 2.45) is 34.5 Å². The zero-order valence-corrected chi connectivity index (χ0v) is 19.2. The number of carbonyl (C=O) groups excluding carboxylic acids is 2. The molecule has 166 valence electrons. The second-order valence-electron chi connectivity index (χ2n) is 11.2. The average Bonchev–Trinajstić information content (AvgIpc) is 3.12. The maximum atomic E-state index is 12.6. The van der Waals surface area contributed by atoms with E-state index in [2.05, 4.69) is 19.9 Å². The fraction of sp³-hybridized carbons (Fsp3) is 0.643. The molecule has 1 aromatic rings. The quantitative estimate of drug-likeness (QED) is 0.421. The molecule has 0 spiro atoms. The third kappa shape index (κ3) is 3.31. The number of hydrogen-bond acceptors (Lipinski definition) is 3. The Morgan fingerprint density at radius 2 is 1.74 bits per heavy atom. The summed E-state index contributed by atoms with van der Waals surface area (Å²) >= 11 is 0. The van der Waals surface area contributed by atoms with Gasteiger partial charge in [0.05, 0.1) is 5.56 Å². The lowest BCUT2D eigenvalue weighted by atomic mass is 9.47. The van der Waals surface area contributed by atoms with Gasteiger partial charge in [0, 0.05) is 12.3 Å². The van der Waals surface area contributed by atoms with Crippen LogP contribution in [0.5, 0.6) is 0 Å².